The van der Waals surface area contributed by atoms with Gasteiger partial charge in [-0.3, -0.25) is 5.32 Å². The van der Waals surface area contributed by atoms with E-state index in [1.165, 1.54) is 43.5 Å². The van der Waals surface area contributed by atoms with Gasteiger partial charge in [-0.1, -0.05) is 6.42 Å². The van der Waals surface area contributed by atoms with Crippen molar-refractivity contribution in [1.82, 2.24) is 29.7 Å². The van der Waals surface area contributed by atoms with Crippen LogP contribution in [0.4, 0.5) is 10.7 Å². The van der Waals surface area contributed by atoms with Gasteiger partial charge in [0.05, 0.1) is 17.4 Å². The summed E-state index contributed by atoms with van der Waals surface area (Å²) >= 11 is 0. The van der Waals surface area contributed by atoms with E-state index in [1.54, 1.807) is 41.5 Å². The number of piperidine rings is 1. The van der Waals surface area contributed by atoms with Crippen molar-refractivity contribution in [3.05, 3.63) is 61.2 Å². The Hall–Kier alpha value is -3.90. The van der Waals surface area contributed by atoms with E-state index in [4.69, 9.17) is 4.18 Å². The van der Waals surface area contributed by atoms with Crippen LogP contribution in [0, 0.1) is 0 Å². The third-order valence-corrected chi connectivity index (χ3v) is 7.24. The molecule has 2 amide bonds. The molecule has 5 rings (SSSR count). The van der Waals surface area contributed by atoms with Gasteiger partial charge in [-0.05, 0) is 62.3 Å². The predicted octanol–water partition coefficient (Wildman–Crippen LogP) is 3.12. The zero-order chi connectivity index (χ0) is 25.0. The minimum Gasteiger partial charge on any atom is -0.379 e. The van der Waals surface area contributed by atoms with E-state index < -0.39 is 10.1 Å². The number of aromatic nitrogens is 4. The monoisotopic (exact) mass is 509 g/mol. The van der Waals surface area contributed by atoms with E-state index in [9.17, 15) is 13.2 Å². The summed E-state index contributed by atoms with van der Waals surface area (Å²) in [6.07, 6.45) is 8.72. The number of H-pyrrole nitrogens is 1. The number of hydrogen-bond acceptors (Lipinski definition) is 7. The first kappa shape index (κ1) is 23.8. The molecule has 188 valence electrons. The van der Waals surface area contributed by atoms with E-state index in [0.717, 1.165) is 25.3 Å². The van der Waals surface area contributed by atoms with Gasteiger partial charge in [0.15, 0.2) is 0 Å². The summed E-state index contributed by atoms with van der Waals surface area (Å²) in [6, 6.07) is 10.6. The Balaban J connectivity index is 1.20. The third-order valence-electron chi connectivity index (χ3n) is 5.98. The van der Waals surface area contributed by atoms with Gasteiger partial charge in [-0.15, -0.1) is 0 Å². The second kappa shape index (κ2) is 10.4. The minimum absolute atomic E-state index is 0.0251. The third kappa shape index (κ3) is 5.66. The molecule has 0 spiro atoms. The van der Waals surface area contributed by atoms with Crippen LogP contribution in [-0.2, 0) is 10.1 Å². The van der Waals surface area contributed by atoms with Crippen molar-refractivity contribution in [1.29, 1.82) is 0 Å². The van der Waals surface area contributed by atoms with Crippen LogP contribution in [0.3, 0.4) is 0 Å². The van der Waals surface area contributed by atoms with Gasteiger partial charge >= 0.3 is 16.1 Å². The zero-order valence-corrected chi connectivity index (χ0v) is 20.4. The summed E-state index contributed by atoms with van der Waals surface area (Å²) in [6.45, 7) is 3.51. The Morgan fingerprint density at radius 2 is 1.89 bits per heavy atom. The van der Waals surface area contributed by atoms with Crippen molar-refractivity contribution in [3.8, 4) is 11.4 Å². The predicted molar refractivity (Wildman–Crippen MR) is 135 cm³/mol. The van der Waals surface area contributed by atoms with Crippen LogP contribution >= 0.6 is 0 Å². The van der Waals surface area contributed by atoms with Gasteiger partial charge in [-0.2, -0.15) is 8.42 Å². The van der Waals surface area contributed by atoms with E-state index in [2.05, 4.69) is 30.5 Å². The number of nitrogens with one attached hydrogen (secondary N) is 3. The molecule has 11 nitrogen and oxygen atoms in total. The molecule has 0 saturated carbocycles. The van der Waals surface area contributed by atoms with Gasteiger partial charge in [0, 0.05) is 37.2 Å². The van der Waals surface area contributed by atoms with Crippen LogP contribution in [0.1, 0.15) is 19.3 Å². The first-order chi connectivity index (χ1) is 17.5. The summed E-state index contributed by atoms with van der Waals surface area (Å²) in [4.78, 5) is 25.9. The number of carbonyl (C=O) groups is 1. The van der Waals surface area contributed by atoms with Gasteiger partial charge in [0.25, 0.3) is 0 Å². The number of rotatable bonds is 8. The van der Waals surface area contributed by atoms with Crippen LogP contribution in [0.25, 0.3) is 16.7 Å². The largest absolute Gasteiger partial charge is 0.379 e. The standard InChI is InChI=1S/C24H27N7O4S/c32-24(26-11-14-30-12-2-1-3-13-30)29-23-27-21-9-6-19(16-22(21)28-23)35-36(33,34)20-7-4-18(5-8-20)31-15-10-25-17-31/h4-10,15-17H,1-3,11-14H2,(H3,26,27,28,29,32). The maximum atomic E-state index is 12.8. The van der Waals surface area contributed by atoms with E-state index in [0.29, 0.717) is 17.6 Å². The smallest absolute Gasteiger partial charge is 0.339 e. The number of benzene rings is 2. The molecule has 0 bridgehead atoms. The fourth-order valence-corrected chi connectivity index (χ4v) is 5.05. The van der Waals surface area contributed by atoms with Gasteiger partial charge < -0.3 is 24.0 Å². The van der Waals surface area contributed by atoms with Gasteiger partial charge in [0.1, 0.15) is 10.6 Å². The number of anilines is 1. The van der Waals surface area contributed by atoms with E-state index in [-0.39, 0.29) is 22.6 Å². The Kier molecular flexibility index (Phi) is 6.87. The molecule has 2 aromatic heterocycles. The molecule has 0 unspecified atom stereocenters. The van der Waals surface area contributed by atoms with E-state index in [1.807, 2.05) is 0 Å². The highest BCUT2D eigenvalue weighted by atomic mass is 32.2. The average Bonchev–Trinajstić information content (AvgIpc) is 3.54. The molecule has 12 heteroatoms. The molecule has 1 aliphatic heterocycles. The van der Waals surface area contributed by atoms with Gasteiger partial charge in [-0.25, -0.2) is 14.8 Å². The van der Waals surface area contributed by atoms with Crippen LogP contribution in [0.5, 0.6) is 5.75 Å². The lowest BCUT2D eigenvalue weighted by atomic mass is 10.1. The SMILES string of the molecule is O=C(NCCN1CCCCC1)Nc1nc2cc(OS(=O)(=O)c3ccc(-n4ccnc4)cc3)ccc2[nH]1. The molecule has 0 radical (unpaired) electrons. The second-order valence-electron chi connectivity index (χ2n) is 8.55. The van der Waals surface area contributed by atoms with Crippen molar-refractivity contribution in [2.24, 2.45) is 0 Å². The number of nitrogens with zero attached hydrogens (tertiary/aromatic N) is 4. The van der Waals surface area contributed by atoms with Crippen molar-refractivity contribution >= 4 is 33.1 Å². The fraction of sp³-hybridized carbons (Fsp3) is 0.292. The first-order valence-electron chi connectivity index (χ1n) is 11.8. The quantitative estimate of drug-likeness (QED) is 0.311. The van der Waals surface area contributed by atoms with Crippen molar-refractivity contribution in [2.75, 3.05) is 31.5 Å². The molecule has 1 aliphatic rings. The Morgan fingerprint density at radius 3 is 2.64 bits per heavy atom. The Bertz CT molecular complexity index is 1430. The molecule has 4 aromatic rings. The molecule has 3 heterocycles. The van der Waals surface area contributed by atoms with Crippen molar-refractivity contribution < 1.29 is 17.4 Å². The number of fused-ring (bicyclic) bond motifs is 1. The summed E-state index contributed by atoms with van der Waals surface area (Å²) < 4.78 is 32.6. The van der Waals surface area contributed by atoms with Crippen LogP contribution in [0.2, 0.25) is 0 Å². The Labute approximate surface area is 208 Å². The maximum Gasteiger partial charge on any atom is 0.339 e. The highest BCUT2D eigenvalue weighted by molar-refractivity contribution is 7.87. The highest BCUT2D eigenvalue weighted by Crippen LogP contribution is 2.24. The number of imidazole rings is 2. The van der Waals surface area contributed by atoms with Crippen molar-refractivity contribution in [3.63, 3.8) is 0 Å². The number of aromatic amines is 1. The van der Waals surface area contributed by atoms with Crippen LogP contribution < -0.4 is 14.8 Å². The molecular formula is C24H27N7O4S. The highest BCUT2D eigenvalue weighted by Gasteiger charge is 2.18. The summed E-state index contributed by atoms with van der Waals surface area (Å²) in [5, 5.41) is 5.51. The molecule has 36 heavy (non-hydrogen) atoms. The van der Waals surface area contributed by atoms with E-state index >= 15 is 0 Å². The zero-order valence-electron chi connectivity index (χ0n) is 19.6. The number of amides is 2. The summed E-state index contributed by atoms with van der Waals surface area (Å²) in [7, 11) is -4.05. The lowest BCUT2D eigenvalue weighted by Gasteiger charge is -2.26. The molecule has 2 aromatic carbocycles. The molecule has 1 saturated heterocycles. The van der Waals surface area contributed by atoms with Crippen LogP contribution in [-0.4, -0.2) is 65.0 Å². The lowest BCUT2D eigenvalue weighted by molar-refractivity contribution is 0.224. The molecular weight excluding hydrogens is 482 g/mol. The second-order valence-corrected chi connectivity index (χ2v) is 10.1. The summed E-state index contributed by atoms with van der Waals surface area (Å²) in [5.41, 5.74) is 1.87. The molecule has 1 fully saturated rings. The summed E-state index contributed by atoms with van der Waals surface area (Å²) in [5.74, 6) is 0.376. The molecule has 0 atom stereocenters. The first-order valence-corrected chi connectivity index (χ1v) is 13.2. The lowest BCUT2D eigenvalue weighted by Crippen LogP contribution is -2.39. The van der Waals surface area contributed by atoms with Gasteiger partial charge in [0.2, 0.25) is 5.95 Å². The number of carbonyl (C=O) groups excluding carboxylic acids is 1. The number of likely N-dealkylation sites (tertiary alicyclic amines) is 1. The normalized spacial score (nSPS) is 14.6. The number of hydrogen-bond donors (Lipinski definition) is 3. The van der Waals surface area contributed by atoms with Crippen molar-refractivity contribution in [2.45, 2.75) is 24.2 Å². The topological polar surface area (TPSA) is 134 Å². The van der Waals surface area contributed by atoms with Crippen LogP contribution in [0.15, 0.2) is 66.1 Å². The molecule has 0 aliphatic carbocycles. The average molecular weight is 510 g/mol. The number of urea groups is 1. The maximum absolute atomic E-state index is 12.8. The molecule has 3 N–H and O–H groups in total. The minimum atomic E-state index is -4.05. The fourth-order valence-electron chi connectivity index (χ4n) is 4.13. The Morgan fingerprint density at radius 1 is 1.08 bits per heavy atom.